The third-order valence-electron chi connectivity index (χ3n) is 6.02. The number of rotatable bonds is 6. The minimum atomic E-state index is -0.434. The molecule has 3 aromatic rings. The molecule has 0 radical (unpaired) electrons. The summed E-state index contributed by atoms with van der Waals surface area (Å²) in [7, 11) is 3.86. The Hall–Kier alpha value is -3.24. The largest absolute Gasteiger partial charge is 0.483 e. The fourth-order valence-corrected chi connectivity index (χ4v) is 4.30. The monoisotopic (exact) mass is 569 g/mol. The standard InChI is InChI=1S/C27H32BrN5O4/c1-27(2,3)26-30-22-9-7-19(28)14-21(22)25(35)33(26)29-16-18-6-8-20(31(4)5)15-23(18)37-17-24(34)32-10-12-36-13-11-32/h6-9,14-16H,10-13,17H2,1-5H3. The molecule has 2 aromatic carbocycles. The van der Waals surface area contributed by atoms with E-state index in [2.05, 4.69) is 21.0 Å². The first kappa shape index (κ1) is 26.8. The lowest BCUT2D eigenvalue weighted by Gasteiger charge is -2.27. The van der Waals surface area contributed by atoms with Crippen molar-refractivity contribution in [2.75, 3.05) is 51.9 Å². The van der Waals surface area contributed by atoms with Crippen LogP contribution in [0, 0.1) is 0 Å². The van der Waals surface area contributed by atoms with Crippen molar-refractivity contribution in [3.8, 4) is 5.75 Å². The first-order valence-electron chi connectivity index (χ1n) is 12.1. The molecule has 0 spiro atoms. The van der Waals surface area contributed by atoms with Crippen LogP contribution in [0.4, 0.5) is 5.69 Å². The SMILES string of the molecule is CN(C)c1ccc(C=Nn2c(C(C)(C)C)nc3ccc(Br)cc3c2=O)c(OCC(=O)N2CCOCC2)c1. The molecule has 0 aliphatic carbocycles. The highest BCUT2D eigenvalue weighted by Gasteiger charge is 2.23. The summed E-state index contributed by atoms with van der Waals surface area (Å²) in [6.45, 7) is 8.03. The first-order chi connectivity index (χ1) is 17.5. The van der Waals surface area contributed by atoms with E-state index in [9.17, 15) is 9.59 Å². The van der Waals surface area contributed by atoms with Crippen LogP contribution in [0.15, 0.2) is 50.8 Å². The molecule has 1 aliphatic rings. The lowest BCUT2D eigenvalue weighted by molar-refractivity contribution is -0.137. The summed E-state index contributed by atoms with van der Waals surface area (Å²) in [4.78, 5) is 34.6. The van der Waals surface area contributed by atoms with Gasteiger partial charge in [-0.15, -0.1) is 0 Å². The van der Waals surface area contributed by atoms with Crippen LogP contribution in [0.2, 0.25) is 0 Å². The normalized spacial score (nSPS) is 14.4. The number of fused-ring (bicyclic) bond motifs is 1. The quantitative estimate of drug-likeness (QED) is 0.421. The van der Waals surface area contributed by atoms with Crippen molar-refractivity contribution in [3.63, 3.8) is 0 Å². The maximum absolute atomic E-state index is 13.5. The van der Waals surface area contributed by atoms with Crippen LogP contribution in [0.5, 0.6) is 5.75 Å². The number of morpholine rings is 1. The molecule has 1 aliphatic heterocycles. The number of carbonyl (C=O) groups is 1. The van der Waals surface area contributed by atoms with Gasteiger partial charge >= 0.3 is 0 Å². The summed E-state index contributed by atoms with van der Waals surface area (Å²) in [6.07, 6.45) is 1.58. The number of hydrogen-bond acceptors (Lipinski definition) is 7. The van der Waals surface area contributed by atoms with E-state index in [1.807, 2.05) is 70.1 Å². The van der Waals surface area contributed by atoms with Gasteiger partial charge in [0.05, 0.1) is 30.3 Å². The molecule has 9 nitrogen and oxygen atoms in total. The van der Waals surface area contributed by atoms with Gasteiger partial charge in [0, 0.05) is 54.4 Å². The van der Waals surface area contributed by atoms with Crippen molar-refractivity contribution in [1.82, 2.24) is 14.6 Å². The van der Waals surface area contributed by atoms with Crippen LogP contribution in [0.1, 0.15) is 32.2 Å². The highest BCUT2D eigenvalue weighted by atomic mass is 79.9. The fourth-order valence-electron chi connectivity index (χ4n) is 3.94. The van der Waals surface area contributed by atoms with E-state index in [0.29, 0.717) is 54.3 Å². The Kier molecular flexibility index (Phi) is 7.99. The number of nitrogens with zero attached hydrogens (tertiary/aromatic N) is 5. The molecule has 1 saturated heterocycles. The van der Waals surface area contributed by atoms with Gasteiger partial charge in [-0.3, -0.25) is 9.59 Å². The van der Waals surface area contributed by atoms with E-state index < -0.39 is 5.41 Å². The summed E-state index contributed by atoms with van der Waals surface area (Å²) in [5.74, 6) is 0.939. The van der Waals surface area contributed by atoms with Gasteiger partial charge in [-0.1, -0.05) is 36.7 Å². The summed E-state index contributed by atoms with van der Waals surface area (Å²) >= 11 is 3.44. The predicted molar refractivity (Wildman–Crippen MR) is 149 cm³/mol. The second kappa shape index (κ2) is 11.0. The van der Waals surface area contributed by atoms with Crippen LogP contribution in [-0.2, 0) is 14.9 Å². The van der Waals surface area contributed by atoms with E-state index >= 15 is 0 Å². The number of anilines is 1. The van der Waals surface area contributed by atoms with Gasteiger partial charge in [-0.25, -0.2) is 4.98 Å². The van der Waals surface area contributed by atoms with Gasteiger partial charge in [0.25, 0.3) is 11.5 Å². The average Bonchev–Trinajstić information content (AvgIpc) is 2.87. The fraction of sp³-hybridized carbons (Fsp3) is 0.407. The number of hydrogen-bond donors (Lipinski definition) is 0. The molecule has 1 fully saturated rings. The summed E-state index contributed by atoms with van der Waals surface area (Å²) in [6, 6.07) is 11.1. The second-order valence-electron chi connectivity index (χ2n) is 10.1. The van der Waals surface area contributed by atoms with Crippen LogP contribution < -0.4 is 15.2 Å². The van der Waals surface area contributed by atoms with Crippen LogP contribution in [-0.4, -0.2) is 73.7 Å². The third-order valence-corrected chi connectivity index (χ3v) is 6.51. The molecular weight excluding hydrogens is 538 g/mol. The smallest absolute Gasteiger partial charge is 0.282 e. The van der Waals surface area contributed by atoms with E-state index in [1.165, 1.54) is 4.68 Å². The molecule has 1 aromatic heterocycles. The van der Waals surface area contributed by atoms with Gasteiger partial charge in [0.15, 0.2) is 6.61 Å². The van der Waals surface area contributed by atoms with Crippen molar-refractivity contribution >= 4 is 44.6 Å². The first-order valence-corrected chi connectivity index (χ1v) is 12.9. The molecule has 196 valence electrons. The van der Waals surface area contributed by atoms with Crippen molar-refractivity contribution < 1.29 is 14.3 Å². The molecule has 0 atom stereocenters. The number of halogens is 1. The van der Waals surface area contributed by atoms with E-state index in [0.717, 1.165) is 10.2 Å². The summed E-state index contributed by atoms with van der Waals surface area (Å²) in [5, 5.41) is 5.04. The zero-order valence-electron chi connectivity index (χ0n) is 21.8. The Morgan fingerprint density at radius 2 is 1.92 bits per heavy atom. The van der Waals surface area contributed by atoms with Crippen molar-refractivity contribution in [2.45, 2.75) is 26.2 Å². The predicted octanol–water partition coefficient (Wildman–Crippen LogP) is 3.64. The number of carbonyl (C=O) groups excluding carboxylic acids is 1. The Labute approximate surface area is 224 Å². The molecule has 0 unspecified atom stereocenters. The van der Waals surface area contributed by atoms with Crippen molar-refractivity contribution in [2.24, 2.45) is 5.10 Å². The zero-order chi connectivity index (χ0) is 26.7. The maximum atomic E-state index is 13.5. The summed E-state index contributed by atoms with van der Waals surface area (Å²) < 4.78 is 13.5. The van der Waals surface area contributed by atoms with Gasteiger partial charge in [0.2, 0.25) is 0 Å². The minimum Gasteiger partial charge on any atom is -0.483 e. The van der Waals surface area contributed by atoms with Crippen LogP contribution in [0.3, 0.4) is 0 Å². The van der Waals surface area contributed by atoms with E-state index in [1.54, 1.807) is 17.2 Å². The van der Waals surface area contributed by atoms with Gasteiger partial charge in [-0.2, -0.15) is 9.78 Å². The topological polar surface area (TPSA) is 89.3 Å². The molecule has 1 amide bonds. The Morgan fingerprint density at radius 3 is 2.59 bits per heavy atom. The molecule has 0 saturated carbocycles. The molecule has 0 bridgehead atoms. The molecule has 37 heavy (non-hydrogen) atoms. The average molecular weight is 570 g/mol. The Morgan fingerprint density at radius 1 is 1.19 bits per heavy atom. The maximum Gasteiger partial charge on any atom is 0.282 e. The zero-order valence-corrected chi connectivity index (χ0v) is 23.4. The van der Waals surface area contributed by atoms with Crippen LogP contribution >= 0.6 is 15.9 Å². The van der Waals surface area contributed by atoms with E-state index in [4.69, 9.17) is 14.5 Å². The van der Waals surface area contributed by atoms with Gasteiger partial charge in [0.1, 0.15) is 11.6 Å². The highest BCUT2D eigenvalue weighted by Crippen LogP contribution is 2.26. The Balaban J connectivity index is 1.72. The van der Waals surface area contributed by atoms with Gasteiger partial charge in [-0.05, 0) is 30.3 Å². The second-order valence-corrected chi connectivity index (χ2v) is 11.0. The highest BCUT2D eigenvalue weighted by molar-refractivity contribution is 9.10. The number of benzene rings is 2. The summed E-state index contributed by atoms with van der Waals surface area (Å²) in [5.41, 5.74) is 1.47. The molecule has 10 heteroatoms. The Bertz CT molecular complexity index is 1390. The molecular formula is C27H32BrN5O4. The molecule has 4 rings (SSSR count). The molecule has 0 N–H and O–H groups in total. The van der Waals surface area contributed by atoms with Crippen molar-refractivity contribution in [3.05, 3.63) is 62.6 Å². The molecule has 2 heterocycles. The third kappa shape index (κ3) is 6.19. The lowest BCUT2D eigenvalue weighted by Crippen LogP contribution is -2.43. The number of aromatic nitrogens is 2. The van der Waals surface area contributed by atoms with Gasteiger partial charge < -0.3 is 19.3 Å². The minimum absolute atomic E-state index is 0.100. The lowest BCUT2D eigenvalue weighted by atomic mass is 9.95. The van der Waals surface area contributed by atoms with Crippen LogP contribution in [0.25, 0.3) is 10.9 Å². The van der Waals surface area contributed by atoms with Crippen molar-refractivity contribution in [1.29, 1.82) is 0 Å². The number of amides is 1. The van der Waals surface area contributed by atoms with E-state index in [-0.39, 0.29) is 18.1 Å². The number of ether oxygens (including phenoxy) is 2.